The van der Waals surface area contributed by atoms with Gasteiger partial charge in [0.15, 0.2) is 0 Å². The van der Waals surface area contributed by atoms with E-state index < -0.39 is 5.54 Å². The van der Waals surface area contributed by atoms with Crippen LogP contribution in [0, 0.1) is 5.82 Å². The molecule has 0 atom stereocenters. The van der Waals surface area contributed by atoms with Crippen molar-refractivity contribution >= 4 is 22.0 Å². The fourth-order valence-electron chi connectivity index (χ4n) is 1.89. The highest BCUT2D eigenvalue weighted by Crippen LogP contribution is 2.51. The summed E-state index contributed by atoms with van der Waals surface area (Å²) >= 11 is 3.33. The van der Waals surface area contributed by atoms with E-state index in [9.17, 15) is 9.18 Å². The van der Waals surface area contributed by atoms with Gasteiger partial charge >= 0.3 is 0 Å². The molecule has 17 heavy (non-hydrogen) atoms. The SMILES string of the molecule is COCc1cc(Br)cc(C2(N=C=O)CC2)c1F. The van der Waals surface area contributed by atoms with Crippen LogP contribution < -0.4 is 0 Å². The molecule has 5 heteroatoms. The van der Waals surface area contributed by atoms with E-state index in [1.807, 2.05) is 0 Å². The van der Waals surface area contributed by atoms with Gasteiger partial charge in [-0.25, -0.2) is 9.18 Å². The van der Waals surface area contributed by atoms with E-state index in [0.717, 1.165) is 4.47 Å². The van der Waals surface area contributed by atoms with Gasteiger partial charge in [-0.1, -0.05) is 15.9 Å². The molecule has 1 saturated carbocycles. The third-order valence-corrected chi connectivity index (χ3v) is 3.36. The lowest BCUT2D eigenvalue weighted by atomic mass is 10.0. The van der Waals surface area contributed by atoms with Crippen molar-refractivity contribution in [3.05, 3.63) is 33.5 Å². The van der Waals surface area contributed by atoms with Crippen molar-refractivity contribution in [2.75, 3.05) is 7.11 Å². The van der Waals surface area contributed by atoms with Crippen LogP contribution in [0.4, 0.5) is 4.39 Å². The number of carbonyl (C=O) groups excluding carboxylic acids is 1. The van der Waals surface area contributed by atoms with Crippen molar-refractivity contribution in [1.29, 1.82) is 0 Å². The molecule has 1 aromatic rings. The minimum atomic E-state index is -0.696. The second kappa shape index (κ2) is 4.69. The Kier molecular flexibility index (Phi) is 3.43. The molecule has 1 fully saturated rings. The van der Waals surface area contributed by atoms with Gasteiger partial charge in [0.1, 0.15) is 11.4 Å². The summed E-state index contributed by atoms with van der Waals surface area (Å²) in [7, 11) is 1.51. The van der Waals surface area contributed by atoms with E-state index in [2.05, 4.69) is 20.9 Å². The monoisotopic (exact) mass is 299 g/mol. The number of aliphatic imine (C=N–C) groups is 1. The summed E-state index contributed by atoms with van der Waals surface area (Å²) < 4.78 is 19.9. The van der Waals surface area contributed by atoms with Crippen molar-refractivity contribution in [3.8, 4) is 0 Å². The maximum absolute atomic E-state index is 14.2. The van der Waals surface area contributed by atoms with Crippen molar-refractivity contribution in [3.63, 3.8) is 0 Å². The van der Waals surface area contributed by atoms with E-state index >= 15 is 0 Å². The van der Waals surface area contributed by atoms with Crippen LogP contribution in [0.25, 0.3) is 0 Å². The predicted octanol–water partition coefficient (Wildman–Crippen LogP) is 3.06. The van der Waals surface area contributed by atoms with Gasteiger partial charge in [0, 0.05) is 22.7 Å². The number of methoxy groups -OCH3 is 1. The Balaban J connectivity index is 2.50. The summed E-state index contributed by atoms with van der Waals surface area (Å²) in [6, 6.07) is 3.34. The van der Waals surface area contributed by atoms with Crippen molar-refractivity contribution in [2.24, 2.45) is 4.99 Å². The maximum atomic E-state index is 14.2. The zero-order chi connectivity index (χ0) is 12.5. The molecule has 2 rings (SSSR count). The highest BCUT2D eigenvalue weighted by atomic mass is 79.9. The zero-order valence-electron chi connectivity index (χ0n) is 9.30. The van der Waals surface area contributed by atoms with Gasteiger partial charge in [-0.2, -0.15) is 4.99 Å². The minimum absolute atomic E-state index is 0.194. The van der Waals surface area contributed by atoms with Gasteiger partial charge in [0.25, 0.3) is 0 Å². The number of hydrogen-bond acceptors (Lipinski definition) is 3. The molecular formula is C12H11BrFNO2. The van der Waals surface area contributed by atoms with Gasteiger partial charge in [-0.05, 0) is 25.0 Å². The quantitative estimate of drug-likeness (QED) is 0.633. The van der Waals surface area contributed by atoms with Crippen molar-refractivity contribution in [2.45, 2.75) is 25.0 Å². The molecule has 0 N–H and O–H groups in total. The first-order valence-corrected chi connectivity index (χ1v) is 5.98. The molecule has 1 aliphatic rings. The largest absolute Gasteiger partial charge is 0.380 e. The highest BCUT2D eigenvalue weighted by molar-refractivity contribution is 9.10. The molecule has 90 valence electrons. The molecule has 0 unspecified atom stereocenters. The van der Waals surface area contributed by atoms with Gasteiger partial charge in [-0.3, -0.25) is 0 Å². The second-order valence-corrected chi connectivity index (χ2v) is 5.01. The maximum Gasteiger partial charge on any atom is 0.235 e. The molecule has 0 radical (unpaired) electrons. The summed E-state index contributed by atoms with van der Waals surface area (Å²) in [5.41, 5.74) is 0.212. The molecule has 0 spiro atoms. The smallest absolute Gasteiger partial charge is 0.235 e. The summed E-state index contributed by atoms with van der Waals surface area (Å²) in [5.74, 6) is -0.341. The van der Waals surface area contributed by atoms with Crippen LogP contribution in [0.3, 0.4) is 0 Å². The van der Waals surface area contributed by atoms with Gasteiger partial charge in [0.2, 0.25) is 6.08 Å². The highest BCUT2D eigenvalue weighted by Gasteiger charge is 2.47. The third kappa shape index (κ3) is 2.32. The molecule has 0 aromatic heterocycles. The van der Waals surface area contributed by atoms with Gasteiger partial charge in [-0.15, -0.1) is 0 Å². The molecule has 0 heterocycles. The average molecular weight is 300 g/mol. The first-order chi connectivity index (χ1) is 8.13. The van der Waals surface area contributed by atoms with Crippen LogP contribution in [0.15, 0.2) is 21.6 Å². The number of ether oxygens (including phenoxy) is 1. The topological polar surface area (TPSA) is 38.7 Å². The molecule has 0 saturated heterocycles. The molecule has 0 amide bonds. The van der Waals surface area contributed by atoms with E-state index in [-0.39, 0.29) is 12.4 Å². The standard InChI is InChI=1S/C12H11BrFNO2/c1-17-6-8-4-9(13)5-10(11(8)14)12(2-3-12)15-7-16/h4-5H,2-3,6H2,1H3. The van der Waals surface area contributed by atoms with E-state index in [4.69, 9.17) is 4.74 Å². The average Bonchev–Trinajstić information content (AvgIpc) is 3.05. The van der Waals surface area contributed by atoms with Crippen molar-refractivity contribution in [1.82, 2.24) is 0 Å². The van der Waals surface area contributed by atoms with Crippen LogP contribution in [0.5, 0.6) is 0 Å². The molecular weight excluding hydrogens is 289 g/mol. The van der Waals surface area contributed by atoms with Gasteiger partial charge < -0.3 is 4.74 Å². The zero-order valence-corrected chi connectivity index (χ0v) is 10.9. The Morgan fingerprint density at radius 3 is 2.82 bits per heavy atom. The van der Waals surface area contributed by atoms with Crippen LogP contribution in [0.2, 0.25) is 0 Å². The summed E-state index contributed by atoms with van der Waals surface area (Å²) in [6.45, 7) is 0.194. The molecule has 0 bridgehead atoms. The number of benzene rings is 1. The summed E-state index contributed by atoms with van der Waals surface area (Å²) in [6.07, 6.45) is 2.89. The fraction of sp³-hybridized carbons (Fsp3) is 0.417. The van der Waals surface area contributed by atoms with Crippen LogP contribution in [-0.4, -0.2) is 13.2 Å². The Morgan fingerprint density at radius 2 is 2.29 bits per heavy atom. The van der Waals surface area contributed by atoms with Crippen molar-refractivity contribution < 1.29 is 13.9 Å². The lowest BCUT2D eigenvalue weighted by Crippen LogP contribution is -2.08. The third-order valence-electron chi connectivity index (χ3n) is 2.90. The minimum Gasteiger partial charge on any atom is -0.380 e. The number of rotatable bonds is 4. The lowest BCUT2D eigenvalue weighted by Gasteiger charge is -2.13. The molecule has 3 nitrogen and oxygen atoms in total. The van der Waals surface area contributed by atoms with Crippen LogP contribution >= 0.6 is 15.9 Å². The number of halogens is 2. The van der Waals surface area contributed by atoms with Gasteiger partial charge in [0.05, 0.1) is 6.61 Å². The number of hydrogen-bond donors (Lipinski definition) is 0. The Morgan fingerprint density at radius 1 is 1.59 bits per heavy atom. The van der Waals surface area contributed by atoms with Crippen LogP contribution in [-0.2, 0) is 21.7 Å². The normalized spacial score (nSPS) is 16.4. The number of nitrogens with zero attached hydrogens (tertiary/aromatic N) is 1. The predicted molar refractivity (Wildman–Crippen MR) is 63.8 cm³/mol. The fourth-order valence-corrected chi connectivity index (χ4v) is 2.40. The molecule has 1 aliphatic carbocycles. The molecule has 0 aliphatic heterocycles. The Bertz CT molecular complexity index is 494. The first kappa shape index (κ1) is 12.4. The molecule has 1 aromatic carbocycles. The van der Waals surface area contributed by atoms with E-state index in [0.29, 0.717) is 24.0 Å². The first-order valence-electron chi connectivity index (χ1n) is 5.19. The second-order valence-electron chi connectivity index (χ2n) is 4.09. The summed E-state index contributed by atoms with van der Waals surface area (Å²) in [5, 5.41) is 0. The number of isocyanates is 1. The van der Waals surface area contributed by atoms with Crippen LogP contribution in [0.1, 0.15) is 24.0 Å². The summed E-state index contributed by atoms with van der Waals surface area (Å²) in [4.78, 5) is 14.1. The van der Waals surface area contributed by atoms with E-state index in [1.54, 1.807) is 12.1 Å². The lowest BCUT2D eigenvalue weighted by molar-refractivity contribution is 0.181. The Hall–Kier alpha value is -1.03. The Labute approximate surface area is 107 Å². The van der Waals surface area contributed by atoms with E-state index in [1.165, 1.54) is 13.2 Å².